The van der Waals surface area contributed by atoms with E-state index in [0.717, 1.165) is 44.6 Å². The molecule has 5 nitrogen and oxygen atoms in total. The molecule has 1 aromatic carbocycles. The Balaban J connectivity index is 2.05. The number of unbranched alkanes of at least 4 members (excludes halogenated alkanes) is 4. The van der Waals surface area contributed by atoms with Gasteiger partial charge in [-0.1, -0.05) is 81.9 Å². The van der Waals surface area contributed by atoms with Crippen molar-refractivity contribution < 1.29 is 36.9 Å². The minimum Gasteiger partial charge on any atom is -0.442 e. The summed E-state index contributed by atoms with van der Waals surface area (Å²) in [5.41, 5.74) is -3.71. The zero-order valence-electron chi connectivity index (χ0n) is 22.5. The van der Waals surface area contributed by atoms with E-state index < -0.39 is 35.2 Å². The molecule has 2 rings (SSSR count). The molecule has 0 aromatic heterocycles. The molecular formula is C30H37F3O5. The van der Waals surface area contributed by atoms with Gasteiger partial charge in [-0.15, -0.1) is 0 Å². The van der Waals surface area contributed by atoms with E-state index >= 15 is 0 Å². The van der Waals surface area contributed by atoms with Crippen LogP contribution in [0.1, 0.15) is 71.3 Å². The summed E-state index contributed by atoms with van der Waals surface area (Å²) in [6.07, 6.45) is 1.49. The number of hydrogen-bond acceptors (Lipinski definition) is 5. The van der Waals surface area contributed by atoms with Crippen molar-refractivity contribution in [3.8, 4) is 23.7 Å². The van der Waals surface area contributed by atoms with Gasteiger partial charge in [-0.25, -0.2) is 4.79 Å². The van der Waals surface area contributed by atoms with Crippen LogP contribution in [-0.4, -0.2) is 43.4 Å². The quantitative estimate of drug-likeness (QED) is 0.133. The number of rotatable bonds is 12. The molecule has 1 aliphatic rings. The zero-order chi connectivity index (χ0) is 28.2. The molecule has 38 heavy (non-hydrogen) atoms. The van der Waals surface area contributed by atoms with Gasteiger partial charge in [0.25, 0.3) is 5.60 Å². The molecule has 0 N–H and O–H groups in total. The normalized spacial score (nSPS) is 20.7. The van der Waals surface area contributed by atoms with Crippen LogP contribution in [0.2, 0.25) is 0 Å². The number of methoxy groups -OCH3 is 1. The fourth-order valence-electron chi connectivity index (χ4n) is 4.30. The van der Waals surface area contributed by atoms with E-state index in [2.05, 4.69) is 37.2 Å². The summed E-state index contributed by atoms with van der Waals surface area (Å²) in [5, 5.41) is 0. The molecule has 208 valence electrons. The maximum absolute atomic E-state index is 14.1. The van der Waals surface area contributed by atoms with Crippen LogP contribution in [0.5, 0.6) is 0 Å². The predicted molar refractivity (Wildman–Crippen MR) is 139 cm³/mol. The topological polar surface area (TPSA) is 54.0 Å². The van der Waals surface area contributed by atoms with E-state index in [0.29, 0.717) is 6.42 Å². The number of benzene rings is 1. The molecule has 1 aromatic rings. The molecular weight excluding hydrogens is 497 g/mol. The van der Waals surface area contributed by atoms with Crippen LogP contribution in [0.15, 0.2) is 43.0 Å². The van der Waals surface area contributed by atoms with Gasteiger partial charge in [0.15, 0.2) is 11.9 Å². The predicted octanol–water partition coefficient (Wildman–Crippen LogP) is 6.47. The van der Waals surface area contributed by atoms with Crippen molar-refractivity contribution >= 4 is 5.97 Å². The Kier molecular flexibility index (Phi) is 11.9. The Labute approximate surface area is 224 Å². The number of esters is 1. The van der Waals surface area contributed by atoms with Crippen LogP contribution in [0.4, 0.5) is 13.2 Å². The molecule has 4 atom stereocenters. The Morgan fingerprint density at radius 1 is 1.11 bits per heavy atom. The SMILES string of the molecule is C=C[C@H](C#CC#CC[C@H]1OC(C)(C)O[C@@H]1CCCCCCC)OC(=O)[C@](OC)(c1ccccc1)C(F)(F)F. The molecule has 0 aliphatic carbocycles. The van der Waals surface area contributed by atoms with Crippen LogP contribution in [-0.2, 0) is 29.3 Å². The van der Waals surface area contributed by atoms with Crippen LogP contribution in [0, 0.1) is 23.7 Å². The van der Waals surface area contributed by atoms with Crippen molar-refractivity contribution in [1.82, 2.24) is 0 Å². The van der Waals surface area contributed by atoms with Crippen LogP contribution in [0.25, 0.3) is 0 Å². The molecule has 8 heteroatoms. The fourth-order valence-corrected chi connectivity index (χ4v) is 4.30. The summed E-state index contributed by atoms with van der Waals surface area (Å²) >= 11 is 0. The second-order valence-corrected chi connectivity index (χ2v) is 9.50. The lowest BCUT2D eigenvalue weighted by molar-refractivity contribution is -0.276. The lowest BCUT2D eigenvalue weighted by Gasteiger charge is -2.32. The van der Waals surface area contributed by atoms with Crippen molar-refractivity contribution in [3.63, 3.8) is 0 Å². The highest BCUT2D eigenvalue weighted by molar-refractivity contribution is 5.83. The smallest absolute Gasteiger partial charge is 0.432 e. The highest BCUT2D eigenvalue weighted by atomic mass is 19.4. The largest absolute Gasteiger partial charge is 0.442 e. The molecule has 0 bridgehead atoms. The van der Waals surface area contributed by atoms with Crippen LogP contribution >= 0.6 is 0 Å². The summed E-state index contributed by atoms with van der Waals surface area (Å²) in [6.45, 7) is 9.41. The first-order valence-corrected chi connectivity index (χ1v) is 12.9. The second kappa shape index (κ2) is 14.4. The van der Waals surface area contributed by atoms with Gasteiger partial charge < -0.3 is 18.9 Å². The number of halogens is 3. The Morgan fingerprint density at radius 2 is 1.76 bits per heavy atom. The third-order valence-corrected chi connectivity index (χ3v) is 6.17. The molecule has 1 heterocycles. The number of carbonyl (C=O) groups excluding carboxylic acids is 1. The zero-order valence-corrected chi connectivity index (χ0v) is 22.5. The second-order valence-electron chi connectivity index (χ2n) is 9.50. The fraction of sp³-hybridized carbons (Fsp3) is 0.567. The molecule has 0 saturated carbocycles. The molecule has 0 amide bonds. The van der Waals surface area contributed by atoms with Gasteiger partial charge in [0.1, 0.15) is 0 Å². The average Bonchev–Trinajstić information content (AvgIpc) is 3.16. The molecule has 1 aliphatic heterocycles. The summed E-state index contributed by atoms with van der Waals surface area (Å²) in [7, 11) is 0.802. The molecule has 0 radical (unpaired) electrons. The lowest BCUT2D eigenvalue weighted by Crippen LogP contribution is -2.52. The van der Waals surface area contributed by atoms with Crippen molar-refractivity contribution in [3.05, 3.63) is 48.6 Å². The monoisotopic (exact) mass is 534 g/mol. The number of ether oxygens (including phenoxy) is 4. The van der Waals surface area contributed by atoms with Crippen LogP contribution < -0.4 is 0 Å². The van der Waals surface area contributed by atoms with Crippen molar-refractivity contribution in [2.45, 2.75) is 102 Å². The van der Waals surface area contributed by atoms with E-state index in [4.69, 9.17) is 18.9 Å². The Morgan fingerprint density at radius 3 is 2.37 bits per heavy atom. The third kappa shape index (κ3) is 8.36. The lowest BCUT2D eigenvalue weighted by atomic mass is 9.92. The molecule has 1 saturated heterocycles. The van der Waals surface area contributed by atoms with Gasteiger partial charge in [-0.05, 0) is 44.1 Å². The molecule has 0 spiro atoms. The first-order valence-electron chi connectivity index (χ1n) is 12.9. The van der Waals surface area contributed by atoms with E-state index in [1.54, 1.807) is 0 Å². The van der Waals surface area contributed by atoms with E-state index in [-0.39, 0.29) is 12.2 Å². The van der Waals surface area contributed by atoms with Gasteiger partial charge in [0, 0.05) is 19.1 Å². The Bertz CT molecular complexity index is 1030. The summed E-state index contributed by atoms with van der Waals surface area (Å²) in [4.78, 5) is 12.8. The van der Waals surface area contributed by atoms with Gasteiger partial charge in [-0.3, -0.25) is 0 Å². The number of hydrogen-bond donors (Lipinski definition) is 0. The number of alkyl halides is 3. The maximum atomic E-state index is 14.1. The van der Waals surface area contributed by atoms with Crippen molar-refractivity contribution in [2.75, 3.05) is 7.11 Å². The highest BCUT2D eigenvalue weighted by Gasteiger charge is 2.64. The first-order chi connectivity index (χ1) is 18.0. The minimum absolute atomic E-state index is 0.0710. The molecule has 0 unspecified atom stereocenters. The number of carbonyl (C=O) groups is 1. The molecule has 1 fully saturated rings. The average molecular weight is 535 g/mol. The standard InChI is InChI=1S/C30H37F3O5/c1-6-8-9-10-16-21-25-26(38-28(3,4)37-25)22-17-12-15-20-24(7-2)36-27(34)29(35-5,30(31,32)33)23-18-13-11-14-19-23/h7,11,13-14,18-19,24-26H,2,6,8-10,16,21-22H2,1,3-5H3/t24-,25-,26-,29-/m1/s1. The maximum Gasteiger partial charge on any atom is 0.432 e. The summed E-state index contributed by atoms with van der Waals surface area (Å²) in [5.74, 6) is 8.30. The minimum atomic E-state index is -5.08. The van der Waals surface area contributed by atoms with Crippen molar-refractivity contribution in [1.29, 1.82) is 0 Å². The summed E-state index contributed by atoms with van der Waals surface area (Å²) in [6, 6.07) is 6.57. The van der Waals surface area contributed by atoms with E-state index in [1.165, 1.54) is 37.5 Å². The third-order valence-electron chi connectivity index (χ3n) is 6.17. The van der Waals surface area contributed by atoms with Crippen LogP contribution in [0.3, 0.4) is 0 Å². The Hall–Kier alpha value is -2.78. The van der Waals surface area contributed by atoms with E-state index in [1.807, 2.05) is 13.8 Å². The van der Waals surface area contributed by atoms with E-state index in [9.17, 15) is 18.0 Å². The van der Waals surface area contributed by atoms with Crippen molar-refractivity contribution in [2.24, 2.45) is 0 Å². The van der Waals surface area contributed by atoms with Gasteiger partial charge >= 0.3 is 12.1 Å². The first kappa shape index (κ1) is 31.4. The highest BCUT2D eigenvalue weighted by Crippen LogP contribution is 2.43. The van der Waals surface area contributed by atoms with Gasteiger partial charge in [-0.2, -0.15) is 13.2 Å². The summed E-state index contributed by atoms with van der Waals surface area (Å²) < 4.78 is 64.0. The van der Waals surface area contributed by atoms with Gasteiger partial charge in [0.2, 0.25) is 0 Å². The van der Waals surface area contributed by atoms with Gasteiger partial charge in [0.05, 0.1) is 12.2 Å².